The molecule has 0 saturated carbocycles. The van der Waals surface area contributed by atoms with Crippen LogP contribution in [0.3, 0.4) is 0 Å². The minimum absolute atomic E-state index is 0.118. The number of benzene rings is 1. The highest BCUT2D eigenvalue weighted by Crippen LogP contribution is 2.41. The number of esters is 1. The molecule has 6 heteroatoms. The monoisotopic (exact) mass is 399 g/mol. The number of aromatic nitrogens is 2. The van der Waals surface area contributed by atoms with Gasteiger partial charge in [-0.2, -0.15) is 9.48 Å². The molecule has 4 rings (SSSR count). The Labute approximate surface area is 175 Å². The molecule has 1 unspecified atom stereocenters. The number of hydrogen-bond donors (Lipinski definition) is 0. The highest BCUT2D eigenvalue weighted by atomic mass is 16.5. The van der Waals surface area contributed by atoms with E-state index >= 15 is 0 Å². The molecule has 2 aromatic heterocycles. The highest BCUT2D eigenvalue weighted by Gasteiger charge is 2.46. The first kappa shape index (κ1) is 19.7. The topological polar surface area (TPSA) is 64.4 Å². The average molecular weight is 399 g/mol. The van der Waals surface area contributed by atoms with Gasteiger partial charge in [0.15, 0.2) is 5.69 Å². The Morgan fingerprint density at radius 1 is 0.900 bits per heavy atom. The van der Waals surface area contributed by atoms with Crippen LogP contribution >= 0.6 is 0 Å². The lowest BCUT2D eigenvalue weighted by Crippen LogP contribution is -2.43. The second-order valence-corrected chi connectivity index (χ2v) is 7.07. The summed E-state index contributed by atoms with van der Waals surface area (Å²) in [5, 5.41) is 0. The second-order valence-electron chi connectivity index (χ2n) is 7.07. The average Bonchev–Trinajstić information content (AvgIpc) is 3.17. The SMILES string of the molecule is CCOC(=O)C1=C[N+](c2ccccc2)(c2ccc(C)nc2)C(c2ccc(C)nc2)=N1. The summed E-state index contributed by atoms with van der Waals surface area (Å²) in [5.74, 6) is 0.216. The van der Waals surface area contributed by atoms with Gasteiger partial charge in [0.25, 0.3) is 5.84 Å². The lowest BCUT2D eigenvalue weighted by Gasteiger charge is -2.31. The van der Waals surface area contributed by atoms with Crippen molar-refractivity contribution in [2.45, 2.75) is 20.8 Å². The number of carbonyl (C=O) groups excluding carboxylic acids is 1. The molecule has 30 heavy (non-hydrogen) atoms. The van der Waals surface area contributed by atoms with Gasteiger partial charge >= 0.3 is 5.97 Å². The van der Waals surface area contributed by atoms with Crippen molar-refractivity contribution in [3.8, 4) is 0 Å². The van der Waals surface area contributed by atoms with Crippen molar-refractivity contribution in [1.29, 1.82) is 0 Å². The van der Waals surface area contributed by atoms with Crippen molar-refractivity contribution in [3.63, 3.8) is 0 Å². The second kappa shape index (κ2) is 8.00. The molecule has 0 spiro atoms. The molecule has 0 saturated heterocycles. The van der Waals surface area contributed by atoms with Gasteiger partial charge in [-0.1, -0.05) is 18.2 Å². The van der Waals surface area contributed by atoms with E-state index < -0.39 is 5.97 Å². The van der Waals surface area contributed by atoms with Crippen molar-refractivity contribution in [2.24, 2.45) is 4.99 Å². The van der Waals surface area contributed by atoms with Gasteiger partial charge in [-0.3, -0.25) is 9.97 Å². The zero-order chi connectivity index (χ0) is 21.1. The van der Waals surface area contributed by atoms with E-state index in [1.807, 2.05) is 80.8 Å². The van der Waals surface area contributed by atoms with Crippen LogP contribution in [0.2, 0.25) is 0 Å². The van der Waals surface area contributed by atoms with Gasteiger partial charge < -0.3 is 4.74 Å². The van der Waals surface area contributed by atoms with E-state index in [0.29, 0.717) is 5.84 Å². The van der Waals surface area contributed by atoms with Gasteiger partial charge in [-0.15, -0.1) is 0 Å². The maximum atomic E-state index is 12.6. The summed E-state index contributed by atoms with van der Waals surface area (Å²) in [6.45, 7) is 5.95. The zero-order valence-corrected chi connectivity index (χ0v) is 17.2. The third kappa shape index (κ3) is 3.42. The lowest BCUT2D eigenvalue weighted by molar-refractivity contribution is -0.138. The molecule has 0 radical (unpaired) electrons. The fourth-order valence-electron chi connectivity index (χ4n) is 3.51. The highest BCUT2D eigenvalue weighted by molar-refractivity contribution is 6.15. The molecule has 0 N–H and O–H groups in total. The summed E-state index contributed by atoms with van der Waals surface area (Å²) in [6.07, 6.45) is 5.44. The summed E-state index contributed by atoms with van der Waals surface area (Å²) in [5.41, 5.74) is 4.70. The normalized spacial score (nSPS) is 18.0. The van der Waals surface area contributed by atoms with E-state index in [9.17, 15) is 4.79 Å². The quantitative estimate of drug-likeness (QED) is 0.465. The molecule has 1 atom stereocenters. The maximum absolute atomic E-state index is 12.6. The molecule has 6 nitrogen and oxygen atoms in total. The third-order valence-corrected chi connectivity index (χ3v) is 5.00. The zero-order valence-electron chi connectivity index (χ0n) is 17.2. The van der Waals surface area contributed by atoms with Gasteiger partial charge in [0.1, 0.15) is 11.9 Å². The van der Waals surface area contributed by atoms with E-state index in [1.54, 1.807) is 13.1 Å². The molecule has 3 aromatic rings. The predicted octanol–water partition coefficient (Wildman–Crippen LogP) is 4.60. The number of carbonyl (C=O) groups is 1. The van der Waals surface area contributed by atoms with Crippen molar-refractivity contribution >= 4 is 23.2 Å². The molecular weight excluding hydrogens is 376 g/mol. The van der Waals surface area contributed by atoms with Gasteiger partial charge in [-0.05, 0) is 39.0 Å². The number of quaternary nitrogens is 1. The number of amidine groups is 1. The summed E-state index contributed by atoms with van der Waals surface area (Å²) in [7, 11) is 0. The predicted molar refractivity (Wildman–Crippen MR) is 117 cm³/mol. The van der Waals surface area contributed by atoms with Gasteiger partial charge in [0, 0.05) is 35.8 Å². The maximum Gasteiger partial charge on any atom is 0.362 e. The number of rotatable bonds is 5. The number of aliphatic imine (C=N–C) groups is 1. The minimum Gasteiger partial charge on any atom is -0.461 e. The largest absolute Gasteiger partial charge is 0.461 e. The molecule has 0 amide bonds. The molecule has 1 aliphatic heterocycles. The Hall–Kier alpha value is -3.64. The van der Waals surface area contributed by atoms with E-state index in [2.05, 4.69) is 9.97 Å². The smallest absolute Gasteiger partial charge is 0.362 e. The fraction of sp³-hybridized carbons (Fsp3) is 0.167. The first-order valence-corrected chi connectivity index (χ1v) is 9.84. The molecule has 1 aromatic carbocycles. The summed E-state index contributed by atoms with van der Waals surface area (Å²) in [4.78, 5) is 26.3. The van der Waals surface area contributed by atoms with Gasteiger partial charge in [0.05, 0.1) is 18.4 Å². The lowest BCUT2D eigenvalue weighted by atomic mass is 10.1. The number of pyridine rings is 2. The van der Waals surface area contributed by atoms with E-state index in [1.165, 1.54) is 0 Å². The van der Waals surface area contributed by atoms with Crippen molar-refractivity contribution in [1.82, 2.24) is 14.5 Å². The molecule has 3 heterocycles. The van der Waals surface area contributed by atoms with Crippen LogP contribution in [0, 0.1) is 13.8 Å². The fourth-order valence-corrected chi connectivity index (χ4v) is 3.51. The Morgan fingerprint density at radius 2 is 1.60 bits per heavy atom. The van der Waals surface area contributed by atoms with Crippen molar-refractivity contribution in [3.05, 3.63) is 95.8 Å². The number of nitrogens with zero attached hydrogens (tertiary/aromatic N) is 4. The number of aryl methyl sites for hydroxylation is 2. The summed E-state index contributed by atoms with van der Waals surface area (Å²) < 4.78 is 5.38. The van der Waals surface area contributed by atoms with Crippen LogP contribution in [0.1, 0.15) is 23.9 Å². The Morgan fingerprint density at radius 3 is 2.20 bits per heavy atom. The van der Waals surface area contributed by atoms with Crippen LogP contribution in [0.15, 0.2) is 83.9 Å². The third-order valence-electron chi connectivity index (χ3n) is 5.00. The van der Waals surface area contributed by atoms with Crippen LogP contribution < -0.4 is 4.48 Å². The number of hydrogen-bond acceptors (Lipinski definition) is 5. The molecule has 0 aliphatic carbocycles. The summed E-state index contributed by atoms with van der Waals surface area (Å²) >= 11 is 0. The first-order chi connectivity index (χ1) is 14.5. The van der Waals surface area contributed by atoms with Crippen molar-refractivity contribution in [2.75, 3.05) is 6.61 Å². The van der Waals surface area contributed by atoms with Gasteiger partial charge in [-0.25, -0.2) is 4.79 Å². The molecule has 1 aliphatic rings. The minimum atomic E-state index is -0.453. The van der Waals surface area contributed by atoms with E-state index in [0.717, 1.165) is 28.3 Å². The van der Waals surface area contributed by atoms with E-state index in [4.69, 9.17) is 9.73 Å². The number of para-hydroxylation sites is 1. The molecular formula is C24H23N4O2+. The van der Waals surface area contributed by atoms with Crippen molar-refractivity contribution < 1.29 is 9.53 Å². The summed E-state index contributed by atoms with van der Waals surface area (Å²) in [6, 6.07) is 17.8. The van der Waals surface area contributed by atoms with Crippen LogP contribution in [0.25, 0.3) is 0 Å². The van der Waals surface area contributed by atoms with Crippen LogP contribution in [0.5, 0.6) is 0 Å². The van der Waals surface area contributed by atoms with E-state index in [-0.39, 0.29) is 16.8 Å². The van der Waals surface area contributed by atoms with Crippen LogP contribution in [-0.4, -0.2) is 28.4 Å². The van der Waals surface area contributed by atoms with Gasteiger partial charge in [0.2, 0.25) is 5.70 Å². The Bertz CT molecular complexity index is 1120. The molecule has 150 valence electrons. The molecule has 0 bridgehead atoms. The number of ether oxygens (including phenoxy) is 1. The first-order valence-electron chi connectivity index (χ1n) is 9.84. The molecule has 0 fully saturated rings. The van der Waals surface area contributed by atoms with Crippen LogP contribution in [0.4, 0.5) is 11.4 Å². The standard InChI is InChI=1S/C24H23N4O2/c1-4-30-24(29)22-16-28(20-8-6-5-7-9-20,21-13-11-18(3)26-15-21)23(27-22)19-12-10-17(2)25-14-19/h5-16H,4H2,1-3H3/q+1. The Balaban J connectivity index is 2.01. The Kier molecular flexibility index (Phi) is 5.25. The van der Waals surface area contributed by atoms with Crippen LogP contribution in [-0.2, 0) is 9.53 Å².